The highest BCUT2D eigenvalue weighted by atomic mass is 19.1. The van der Waals surface area contributed by atoms with Gasteiger partial charge in [-0.1, -0.05) is 65.8 Å². The average molecular weight is 533 g/mol. The molecule has 6 rings (SSSR count). The molecule has 5 nitrogen and oxygen atoms in total. The van der Waals surface area contributed by atoms with Crippen molar-refractivity contribution < 1.29 is 18.4 Å². The van der Waals surface area contributed by atoms with Gasteiger partial charge < -0.3 is 9.26 Å². The zero-order valence-corrected chi connectivity index (χ0v) is 22.5. The van der Waals surface area contributed by atoms with Crippen molar-refractivity contribution in [1.29, 1.82) is 0 Å². The van der Waals surface area contributed by atoms with Crippen molar-refractivity contribution in [3.8, 4) is 33.6 Å². The lowest BCUT2D eigenvalue weighted by Crippen LogP contribution is -2.23. The Kier molecular flexibility index (Phi) is 6.76. The van der Waals surface area contributed by atoms with Crippen molar-refractivity contribution in [2.24, 2.45) is 0 Å². The number of carbonyl (C=O) groups excluding carboxylic acids is 1. The molecule has 0 bridgehead atoms. The molecule has 1 saturated carbocycles. The summed E-state index contributed by atoms with van der Waals surface area (Å²) in [4.78, 5) is 16.8. The minimum absolute atomic E-state index is 0.123. The number of halogens is 1. The zero-order chi connectivity index (χ0) is 27.7. The van der Waals surface area contributed by atoms with Gasteiger partial charge in [-0.2, -0.15) is 0 Å². The Hall–Kier alpha value is -4.58. The number of nitrogens with zero attached hydrogens (tertiary/aromatic N) is 2. The van der Waals surface area contributed by atoms with Crippen molar-refractivity contribution in [3.05, 3.63) is 119 Å². The molecule has 1 aliphatic rings. The molecular formula is C34H29FN2O3. The molecule has 0 atom stereocenters. The lowest BCUT2D eigenvalue weighted by Gasteiger charge is -2.14. The van der Waals surface area contributed by atoms with Gasteiger partial charge in [-0.3, -0.25) is 9.78 Å². The van der Waals surface area contributed by atoms with Gasteiger partial charge in [0, 0.05) is 35.5 Å². The Bertz CT molecular complexity index is 1670. The van der Waals surface area contributed by atoms with Gasteiger partial charge in [0.15, 0.2) is 5.76 Å². The minimum atomic E-state index is -0.467. The normalized spacial score (nSPS) is 13.7. The van der Waals surface area contributed by atoms with Crippen molar-refractivity contribution in [3.63, 3.8) is 0 Å². The number of esters is 1. The Labute approximate surface area is 232 Å². The van der Waals surface area contributed by atoms with Gasteiger partial charge in [0.05, 0.1) is 17.7 Å². The average Bonchev–Trinajstić information content (AvgIpc) is 3.72. The van der Waals surface area contributed by atoms with E-state index >= 15 is 0 Å². The minimum Gasteiger partial charge on any atom is -0.465 e. The highest BCUT2D eigenvalue weighted by Crippen LogP contribution is 2.49. The fraction of sp³-hybridized carbons (Fsp3) is 0.206. The molecule has 0 saturated heterocycles. The second-order valence-corrected chi connectivity index (χ2v) is 10.3. The summed E-state index contributed by atoms with van der Waals surface area (Å²) in [6.07, 6.45) is 5.83. The lowest BCUT2D eigenvalue weighted by molar-refractivity contribution is -0.146. The van der Waals surface area contributed by atoms with E-state index in [1.807, 2.05) is 56.4 Å². The quantitative estimate of drug-likeness (QED) is 0.192. The van der Waals surface area contributed by atoms with Crippen LogP contribution in [0.15, 0.2) is 95.8 Å². The van der Waals surface area contributed by atoms with E-state index in [-0.39, 0.29) is 11.8 Å². The molecule has 6 heteroatoms. The number of rotatable bonds is 8. The third kappa shape index (κ3) is 4.93. The Morgan fingerprint density at radius 3 is 2.27 bits per heavy atom. The summed E-state index contributed by atoms with van der Waals surface area (Å²) < 4.78 is 24.8. The van der Waals surface area contributed by atoms with Crippen molar-refractivity contribution in [2.75, 3.05) is 6.61 Å². The maximum absolute atomic E-state index is 13.8. The Morgan fingerprint density at radius 1 is 0.900 bits per heavy atom. The molecule has 40 heavy (non-hydrogen) atoms. The van der Waals surface area contributed by atoms with Crippen molar-refractivity contribution >= 4 is 5.97 Å². The second kappa shape index (κ2) is 10.5. The molecule has 2 heterocycles. The van der Waals surface area contributed by atoms with Gasteiger partial charge in [0.1, 0.15) is 5.82 Å². The standard InChI is InChI=1S/C34H29FN2O3/c1-3-39-33(38)34(15-16-34)29-13-11-25(12-14-29)24-7-9-26(10-8-24)32-31(22(2)37-40-32)18-23-17-28(21-36-20-23)27-5-4-6-30(35)19-27/h4-14,17,19-21H,3,15-16,18H2,1-2H3. The largest absolute Gasteiger partial charge is 0.465 e. The predicted molar refractivity (Wildman–Crippen MR) is 152 cm³/mol. The van der Waals surface area contributed by atoms with E-state index in [0.717, 1.165) is 68.8 Å². The number of benzene rings is 3. The molecule has 0 aliphatic heterocycles. The van der Waals surface area contributed by atoms with Crippen LogP contribution in [0.25, 0.3) is 33.6 Å². The van der Waals surface area contributed by atoms with Crippen molar-refractivity contribution in [1.82, 2.24) is 10.1 Å². The van der Waals surface area contributed by atoms with Crippen LogP contribution in [0.4, 0.5) is 4.39 Å². The number of hydrogen-bond acceptors (Lipinski definition) is 5. The molecule has 5 aromatic rings. The van der Waals surface area contributed by atoms with Crippen LogP contribution >= 0.6 is 0 Å². The van der Waals surface area contributed by atoms with E-state index in [1.165, 1.54) is 12.1 Å². The van der Waals surface area contributed by atoms with Crippen LogP contribution in [0.3, 0.4) is 0 Å². The molecule has 1 aliphatic carbocycles. The number of pyridine rings is 1. The van der Waals surface area contributed by atoms with Gasteiger partial charge in [-0.05, 0) is 72.7 Å². The fourth-order valence-electron chi connectivity index (χ4n) is 5.24. The Morgan fingerprint density at radius 2 is 1.60 bits per heavy atom. The smallest absolute Gasteiger partial charge is 0.316 e. The van der Waals surface area contributed by atoms with Crippen LogP contribution in [0, 0.1) is 12.7 Å². The Balaban J connectivity index is 1.22. The number of aryl methyl sites for hydroxylation is 1. The topological polar surface area (TPSA) is 65.2 Å². The van der Waals surface area contributed by atoms with Crippen LogP contribution in [0.2, 0.25) is 0 Å². The zero-order valence-electron chi connectivity index (χ0n) is 22.5. The summed E-state index contributed by atoms with van der Waals surface area (Å²) in [7, 11) is 0. The molecule has 2 aromatic heterocycles. The molecule has 0 radical (unpaired) electrons. The van der Waals surface area contributed by atoms with Crippen LogP contribution < -0.4 is 0 Å². The summed E-state index contributed by atoms with van der Waals surface area (Å²) in [5.41, 5.74) is 8.07. The van der Waals surface area contributed by atoms with E-state index in [0.29, 0.717) is 13.0 Å². The van der Waals surface area contributed by atoms with E-state index in [2.05, 4.69) is 34.4 Å². The molecule has 1 fully saturated rings. The summed E-state index contributed by atoms with van der Waals surface area (Å²) in [5, 5.41) is 4.25. The van der Waals surface area contributed by atoms with E-state index in [9.17, 15) is 9.18 Å². The third-order valence-electron chi connectivity index (χ3n) is 7.65. The summed E-state index contributed by atoms with van der Waals surface area (Å²) in [6.45, 7) is 4.17. The van der Waals surface area contributed by atoms with E-state index < -0.39 is 5.41 Å². The van der Waals surface area contributed by atoms with Gasteiger partial charge >= 0.3 is 5.97 Å². The summed E-state index contributed by atoms with van der Waals surface area (Å²) in [6, 6.07) is 25.0. The molecule has 0 amide bonds. The maximum atomic E-state index is 13.8. The van der Waals surface area contributed by atoms with Crippen LogP contribution in [0.5, 0.6) is 0 Å². The monoisotopic (exact) mass is 532 g/mol. The predicted octanol–water partition coefficient (Wildman–Crippen LogP) is 7.70. The number of carbonyl (C=O) groups is 1. The van der Waals surface area contributed by atoms with Crippen molar-refractivity contribution in [2.45, 2.75) is 38.5 Å². The molecule has 0 N–H and O–H groups in total. The third-order valence-corrected chi connectivity index (χ3v) is 7.65. The number of ether oxygens (including phenoxy) is 1. The van der Waals surface area contributed by atoms with Gasteiger partial charge in [0.2, 0.25) is 0 Å². The first-order valence-electron chi connectivity index (χ1n) is 13.5. The van der Waals surface area contributed by atoms with Gasteiger partial charge in [-0.15, -0.1) is 0 Å². The molecule has 3 aromatic carbocycles. The number of hydrogen-bond donors (Lipinski definition) is 0. The highest BCUT2D eigenvalue weighted by molar-refractivity contribution is 5.87. The molecular weight excluding hydrogens is 503 g/mol. The lowest BCUT2D eigenvalue weighted by atomic mass is 9.93. The first kappa shape index (κ1) is 25.7. The van der Waals surface area contributed by atoms with Gasteiger partial charge in [-0.25, -0.2) is 4.39 Å². The molecule has 200 valence electrons. The molecule has 0 spiro atoms. The van der Waals surface area contributed by atoms with E-state index in [4.69, 9.17) is 9.26 Å². The first-order chi connectivity index (χ1) is 19.5. The van der Waals surface area contributed by atoms with E-state index in [1.54, 1.807) is 12.3 Å². The summed E-state index contributed by atoms with van der Waals surface area (Å²) >= 11 is 0. The highest BCUT2D eigenvalue weighted by Gasteiger charge is 2.52. The van der Waals surface area contributed by atoms with Crippen LogP contribution in [0.1, 0.15) is 42.1 Å². The summed E-state index contributed by atoms with van der Waals surface area (Å²) in [5.74, 6) is 0.324. The first-order valence-corrected chi connectivity index (χ1v) is 13.5. The SMILES string of the molecule is CCOC(=O)C1(c2ccc(-c3ccc(-c4onc(C)c4Cc4cncc(-c5cccc(F)c5)c4)cc3)cc2)CC1. The number of aromatic nitrogens is 2. The molecule has 0 unspecified atom stereocenters. The van der Waals surface area contributed by atoms with Crippen LogP contribution in [-0.4, -0.2) is 22.7 Å². The van der Waals surface area contributed by atoms with Crippen LogP contribution in [-0.2, 0) is 21.4 Å². The maximum Gasteiger partial charge on any atom is 0.316 e. The second-order valence-electron chi connectivity index (χ2n) is 10.3. The fourth-order valence-corrected chi connectivity index (χ4v) is 5.24. The van der Waals surface area contributed by atoms with Gasteiger partial charge in [0.25, 0.3) is 0 Å².